The molecule has 19 heavy (non-hydrogen) atoms. The molecule has 1 N–H and O–H groups in total. The molecule has 0 saturated heterocycles. The van der Waals surface area contributed by atoms with Crippen molar-refractivity contribution < 1.29 is 9.90 Å². The monoisotopic (exact) mass is 253 g/mol. The lowest BCUT2D eigenvalue weighted by Crippen LogP contribution is -1.92. The lowest BCUT2D eigenvalue weighted by atomic mass is 9.99. The van der Waals surface area contributed by atoms with Gasteiger partial charge >= 0.3 is 5.97 Å². The zero-order valence-electron chi connectivity index (χ0n) is 10.7. The molecular weight excluding hydrogens is 238 g/mol. The van der Waals surface area contributed by atoms with E-state index in [0.717, 1.165) is 22.3 Å². The van der Waals surface area contributed by atoms with Gasteiger partial charge < -0.3 is 5.11 Å². The van der Waals surface area contributed by atoms with Crippen molar-refractivity contribution >= 4 is 11.5 Å². The molecule has 0 spiro atoms. The van der Waals surface area contributed by atoms with Crippen LogP contribution in [0.2, 0.25) is 0 Å². The van der Waals surface area contributed by atoms with Crippen molar-refractivity contribution in [2.75, 3.05) is 0 Å². The molecule has 0 saturated carbocycles. The standard InChI is InChI=1S/C16H15NO2/c1-2-12(11-16(18)19)13-3-5-14(6-4-13)15-7-9-17-10-8-15/h3-11H,2H2,1H3,(H,18,19)/b12-11+. The van der Waals surface area contributed by atoms with Gasteiger partial charge in [-0.3, -0.25) is 4.98 Å². The average molecular weight is 253 g/mol. The summed E-state index contributed by atoms with van der Waals surface area (Å²) in [5.41, 5.74) is 3.97. The van der Waals surface area contributed by atoms with Crippen LogP contribution in [0.5, 0.6) is 0 Å². The summed E-state index contributed by atoms with van der Waals surface area (Å²) in [5, 5.41) is 8.83. The maximum atomic E-state index is 10.7. The minimum atomic E-state index is -0.907. The average Bonchev–Trinajstić information content (AvgIpc) is 2.46. The number of carboxylic acid groups (broad SMARTS) is 1. The molecule has 0 radical (unpaired) electrons. The molecule has 0 bridgehead atoms. The Morgan fingerprint density at radius 1 is 1.11 bits per heavy atom. The summed E-state index contributed by atoms with van der Waals surface area (Å²) in [6.07, 6.45) is 5.47. The summed E-state index contributed by atoms with van der Waals surface area (Å²) >= 11 is 0. The topological polar surface area (TPSA) is 50.2 Å². The summed E-state index contributed by atoms with van der Waals surface area (Å²) < 4.78 is 0. The first-order valence-corrected chi connectivity index (χ1v) is 6.15. The molecule has 1 aromatic carbocycles. The first kappa shape index (κ1) is 13.0. The lowest BCUT2D eigenvalue weighted by molar-refractivity contribution is -0.131. The Morgan fingerprint density at radius 2 is 1.68 bits per heavy atom. The van der Waals surface area contributed by atoms with Crippen molar-refractivity contribution in [2.24, 2.45) is 0 Å². The van der Waals surface area contributed by atoms with Gasteiger partial charge in [0.2, 0.25) is 0 Å². The van der Waals surface area contributed by atoms with Crippen molar-refractivity contribution in [2.45, 2.75) is 13.3 Å². The van der Waals surface area contributed by atoms with Gasteiger partial charge in [0, 0.05) is 18.5 Å². The largest absolute Gasteiger partial charge is 0.478 e. The van der Waals surface area contributed by atoms with Crippen LogP contribution in [0, 0.1) is 0 Å². The number of hydrogen-bond donors (Lipinski definition) is 1. The number of benzene rings is 1. The number of aliphatic carboxylic acids is 1. The number of carbonyl (C=O) groups is 1. The molecule has 3 heteroatoms. The van der Waals surface area contributed by atoms with Crippen LogP contribution >= 0.6 is 0 Å². The highest BCUT2D eigenvalue weighted by Crippen LogP contribution is 2.23. The van der Waals surface area contributed by atoms with E-state index in [1.807, 2.05) is 43.3 Å². The van der Waals surface area contributed by atoms with E-state index in [1.165, 1.54) is 6.08 Å². The smallest absolute Gasteiger partial charge is 0.328 e. The lowest BCUT2D eigenvalue weighted by Gasteiger charge is -2.06. The first-order chi connectivity index (χ1) is 9.20. The van der Waals surface area contributed by atoms with E-state index in [4.69, 9.17) is 5.11 Å². The quantitative estimate of drug-likeness (QED) is 0.846. The van der Waals surface area contributed by atoms with Gasteiger partial charge in [-0.2, -0.15) is 0 Å². The predicted octanol–water partition coefficient (Wildman–Crippen LogP) is 3.63. The number of hydrogen-bond acceptors (Lipinski definition) is 2. The molecule has 0 aliphatic heterocycles. The second-order valence-corrected chi connectivity index (χ2v) is 4.17. The Morgan fingerprint density at radius 3 is 2.21 bits per heavy atom. The maximum absolute atomic E-state index is 10.7. The molecule has 0 aliphatic rings. The zero-order chi connectivity index (χ0) is 13.7. The van der Waals surface area contributed by atoms with Crippen LogP contribution in [0.1, 0.15) is 18.9 Å². The summed E-state index contributed by atoms with van der Waals surface area (Å²) in [7, 11) is 0. The highest BCUT2D eigenvalue weighted by atomic mass is 16.4. The van der Waals surface area contributed by atoms with Gasteiger partial charge in [0.15, 0.2) is 0 Å². The van der Waals surface area contributed by atoms with Crippen LogP contribution in [0.25, 0.3) is 16.7 Å². The molecule has 3 nitrogen and oxygen atoms in total. The van der Waals surface area contributed by atoms with E-state index in [9.17, 15) is 4.79 Å². The Kier molecular flexibility index (Phi) is 4.08. The second-order valence-electron chi connectivity index (χ2n) is 4.17. The fourth-order valence-corrected chi connectivity index (χ4v) is 1.96. The van der Waals surface area contributed by atoms with Gasteiger partial charge in [0.1, 0.15) is 0 Å². The van der Waals surface area contributed by atoms with Gasteiger partial charge in [-0.25, -0.2) is 4.79 Å². The molecule has 2 rings (SSSR count). The second kappa shape index (κ2) is 5.96. The molecule has 2 aromatic rings. The molecule has 0 aliphatic carbocycles. The van der Waals surface area contributed by atoms with E-state index in [0.29, 0.717) is 6.42 Å². The number of carboxylic acids is 1. The summed E-state index contributed by atoms with van der Waals surface area (Å²) in [6, 6.07) is 11.8. The minimum absolute atomic E-state index is 0.695. The van der Waals surface area contributed by atoms with Crippen LogP contribution in [-0.2, 0) is 4.79 Å². The Bertz CT molecular complexity index is 586. The third-order valence-corrected chi connectivity index (χ3v) is 2.95. The molecule has 0 atom stereocenters. The molecule has 0 fully saturated rings. The van der Waals surface area contributed by atoms with Crippen molar-refractivity contribution in [3.63, 3.8) is 0 Å². The fraction of sp³-hybridized carbons (Fsp3) is 0.125. The Labute approximate surface area is 112 Å². The van der Waals surface area contributed by atoms with Crippen molar-refractivity contribution in [1.82, 2.24) is 4.98 Å². The SMILES string of the molecule is CC/C(=C\C(=O)O)c1ccc(-c2ccncc2)cc1. The molecular formula is C16H15NO2. The zero-order valence-corrected chi connectivity index (χ0v) is 10.7. The summed E-state index contributed by atoms with van der Waals surface area (Å²) in [6.45, 7) is 1.95. The summed E-state index contributed by atoms with van der Waals surface area (Å²) in [5.74, 6) is -0.907. The molecule has 0 unspecified atom stereocenters. The van der Waals surface area contributed by atoms with Crippen molar-refractivity contribution in [3.05, 3.63) is 60.4 Å². The maximum Gasteiger partial charge on any atom is 0.328 e. The van der Waals surface area contributed by atoms with Crippen LogP contribution in [-0.4, -0.2) is 16.1 Å². The molecule has 0 amide bonds. The van der Waals surface area contributed by atoms with Crippen LogP contribution < -0.4 is 0 Å². The highest BCUT2D eigenvalue weighted by molar-refractivity contribution is 5.90. The number of rotatable bonds is 4. The van der Waals surface area contributed by atoms with Gasteiger partial charge in [0.05, 0.1) is 0 Å². The first-order valence-electron chi connectivity index (χ1n) is 6.15. The number of allylic oxidation sites excluding steroid dienone is 1. The van der Waals surface area contributed by atoms with Crippen molar-refractivity contribution in [1.29, 1.82) is 0 Å². The Hall–Kier alpha value is -2.42. The van der Waals surface area contributed by atoms with Gasteiger partial charge in [0.25, 0.3) is 0 Å². The van der Waals surface area contributed by atoms with E-state index < -0.39 is 5.97 Å². The highest BCUT2D eigenvalue weighted by Gasteiger charge is 2.03. The van der Waals surface area contributed by atoms with E-state index in [-0.39, 0.29) is 0 Å². The fourth-order valence-electron chi connectivity index (χ4n) is 1.96. The predicted molar refractivity (Wildman–Crippen MR) is 75.6 cm³/mol. The Balaban J connectivity index is 2.31. The van der Waals surface area contributed by atoms with Crippen LogP contribution in [0.15, 0.2) is 54.9 Å². The van der Waals surface area contributed by atoms with Gasteiger partial charge in [-0.15, -0.1) is 0 Å². The number of nitrogens with zero attached hydrogens (tertiary/aromatic N) is 1. The molecule has 1 heterocycles. The van der Waals surface area contributed by atoms with E-state index in [1.54, 1.807) is 12.4 Å². The number of pyridine rings is 1. The van der Waals surface area contributed by atoms with Crippen molar-refractivity contribution in [3.8, 4) is 11.1 Å². The van der Waals surface area contributed by atoms with Gasteiger partial charge in [-0.1, -0.05) is 31.2 Å². The minimum Gasteiger partial charge on any atom is -0.478 e. The van der Waals surface area contributed by atoms with E-state index >= 15 is 0 Å². The third kappa shape index (κ3) is 3.28. The summed E-state index contributed by atoms with van der Waals surface area (Å²) in [4.78, 5) is 14.7. The number of aromatic nitrogens is 1. The normalized spacial score (nSPS) is 11.3. The van der Waals surface area contributed by atoms with Crippen LogP contribution in [0.4, 0.5) is 0 Å². The van der Waals surface area contributed by atoms with Gasteiger partial charge in [-0.05, 0) is 40.8 Å². The van der Waals surface area contributed by atoms with Crippen LogP contribution in [0.3, 0.4) is 0 Å². The van der Waals surface area contributed by atoms with E-state index in [2.05, 4.69) is 4.98 Å². The third-order valence-electron chi connectivity index (χ3n) is 2.95. The molecule has 1 aromatic heterocycles. The molecule has 96 valence electrons.